The molecular formula is C14H22O2. The van der Waals surface area contributed by atoms with Gasteiger partial charge < -0.3 is 9.84 Å². The van der Waals surface area contributed by atoms with E-state index >= 15 is 0 Å². The Morgan fingerprint density at radius 1 is 1.38 bits per heavy atom. The molecule has 0 aliphatic carbocycles. The lowest BCUT2D eigenvalue weighted by molar-refractivity contribution is 0.144. The van der Waals surface area contributed by atoms with Crippen molar-refractivity contribution >= 4 is 0 Å². The molecule has 16 heavy (non-hydrogen) atoms. The van der Waals surface area contributed by atoms with E-state index in [1.165, 1.54) is 0 Å². The monoisotopic (exact) mass is 222 g/mol. The van der Waals surface area contributed by atoms with Gasteiger partial charge in [0.25, 0.3) is 0 Å². The maximum Gasteiger partial charge on any atom is 0.119 e. The third-order valence-corrected chi connectivity index (χ3v) is 2.98. The van der Waals surface area contributed by atoms with Crippen LogP contribution in [0.15, 0.2) is 24.3 Å². The molecule has 0 aliphatic rings. The first-order chi connectivity index (χ1) is 7.65. The van der Waals surface area contributed by atoms with Crippen molar-refractivity contribution in [1.29, 1.82) is 0 Å². The lowest BCUT2D eigenvalue weighted by Crippen LogP contribution is -2.14. The molecule has 0 bridgehead atoms. The van der Waals surface area contributed by atoms with Crippen LogP contribution in [-0.2, 0) is 6.42 Å². The van der Waals surface area contributed by atoms with Crippen LogP contribution in [0.4, 0.5) is 0 Å². The molecule has 0 saturated carbocycles. The number of rotatable bonds is 6. The Morgan fingerprint density at radius 3 is 2.75 bits per heavy atom. The quantitative estimate of drug-likeness (QED) is 0.801. The molecule has 0 aromatic heterocycles. The highest BCUT2D eigenvalue weighted by Gasteiger charge is 2.10. The summed E-state index contributed by atoms with van der Waals surface area (Å²) in [6.07, 6.45) is 2.45. The number of hydrogen-bond donors (Lipinski definition) is 1. The zero-order chi connectivity index (χ0) is 12.0. The highest BCUT2D eigenvalue weighted by Crippen LogP contribution is 2.17. The number of hydrogen-bond acceptors (Lipinski definition) is 2. The van der Waals surface area contributed by atoms with Crippen LogP contribution in [-0.4, -0.2) is 18.3 Å². The fourth-order valence-electron chi connectivity index (χ4n) is 1.79. The second-order valence-corrected chi connectivity index (χ2v) is 4.46. The van der Waals surface area contributed by atoms with Crippen molar-refractivity contribution in [1.82, 2.24) is 0 Å². The molecule has 90 valence electrons. The maximum absolute atomic E-state index is 9.93. The van der Waals surface area contributed by atoms with Crippen molar-refractivity contribution in [2.24, 2.45) is 5.92 Å². The number of benzene rings is 1. The van der Waals surface area contributed by atoms with Crippen LogP contribution in [0.2, 0.25) is 0 Å². The smallest absolute Gasteiger partial charge is 0.119 e. The van der Waals surface area contributed by atoms with Crippen molar-refractivity contribution in [3.63, 3.8) is 0 Å². The predicted octanol–water partition coefficient (Wildman–Crippen LogP) is 3.03. The van der Waals surface area contributed by atoms with E-state index in [0.717, 1.165) is 24.2 Å². The Balaban J connectivity index is 2.51. The lowest BCUT2D eigenvalue weighted by Gasteiger charge is -2.15. The van der Waals surface area contributed by atoms with Crippen LogP contribution in [0, 0.1) is 5.92 Å². The Hall–Kier alpha value is -1.02. The highest BCUT2D eigenvalue weighted by atomic mass is 16.5. The van der Waals surface area contributed by atoms with Crippen molar-refractivity contribution in [3.8, 4) is 5.75 Å². The van der Waals surface area contributed by atoms with Crippen molar-refractivity contribution < 1.29 is 9.84 Å². The minimum absolute atomic E-state index is 0.248. The summed E-state index contributed by atoms with van der Waals surface area (Å²) in [6, 6.07) is 7.90. The summed E-state index contributed by atoms with van der Waals surface area (Å²) >= 11 is 0. The molecule has 1 rings (SSSR count). The molecule has 0 aliphatic heterocycles. The van der Waals surface area contributed by atoms with E-state index in [0.29, 0.717) is 12.3 Å². The molecule has 0 heterocycles. The average molecular weight is 222 g/mol. The Morgan fingerprint density at radius 2 is 2.12 bits per heavy atom. The minimum atomic E-state index is -0.248. The molecule has 0 radical (unpaired) electrons. The molecule has 0 spiro atoms. The molecule has 2 heteroatoms. The van der Waals surface area contributed by atoms with Gasteiger partial charge in [0.1, 0.15) is 5.75 Å². The van der Waals surface area contributed by atoms with Crippen LogP contribution in [0.3, 0.4) is 0 Å². The number of methoxy groups -OCH3 is 1. The van der Waals surface area contributed by atoms with E-state index in [1.807, 2.05) is 24.3 Å². The SMILES string of the molecule is CCC(C)CC(O)Cc1cccc(OC)c1. The topological polar surface area (TPSA) is 29.5 Å². The zero-order valence-corrected chi connectivity index (χ0v) is 10.4. The molecular weight excluding hydrogens is 200 g/mol. The van der Waals surface area contributed by atoms with Gasteiger partial charge in [0.05, 0.1) is 13.2 Å². The van der Waals surface area contributed by atoms with Gasteiger partial charge in [-0.25, -0.2) is 0 Å². The van der Waals surface area contributed by atoms with E-state index < -0.39 is 0 Å². The van der Waals surface area contributed by atoms with Crippen molar-refractivity contribution in [2.75, 3.05) is 7.11 Å². The maximum atomic E-state index is 9.93. The molecule has 2 nitrogen and oxygen atoms in total. The van der Waals surface area contributed by atoms with E-state index in [9.17, 15) is 5.11 Å². The van der Waals surface area contributed by atoms with Crippen LogP contribution in [0.25, 0.3) is 0 Å². The third kappa shape index (κ3) is 4.23. The summed E-state index contributed by atoms with van der Waals surface area (Å²) < 4.78 is 5.16. The van der Waals surface area contributed by atoms with E-state index in [1.54, 1.807) is 7.11 Å². The Kier molecular flexibility index (Phi) is 5.33. The molecule has 2 atom stereocenters. The first-order valence-corrected chi connectivity index (χ1v) is 5.96. The average Bonchev–Trinajstić information content (AvgIpc) is 2.28. The highest BCUT2D eigenvalue weighted by molar-refractivity contribution is 5.28. The molecule has 1 aromatic carbocycles. The molecule has 2 unspecified atom stereocenters. The van der Waals surface area contributed by atoms with Gasteiger partial charge >= 0.3 is 0 Å². The lowest BCUT2D eigenvalue weighted by atomic mass is 9.97. The summed E-state index contributed by atoms with van der Waals surface area (Å²) in [5.41, 5.74) is 1.13. The second kappa shape index (κ2) is 6.54. The number of ether oxygens (including phenoxy) is 1. The first kappa shape index (κ1) is 13.0. The molecule has 1 aromatic rings. The standard InChI is InChI=1S/C14H22O2/c1-4-11(2)8-13(15)9-12-6-5-7-14(10-12)16-3/h5-7,10-11,13,15H,4,8-9H2,1-3H3. The van der Waals surface area contributed by atoms with E-state index in [-0.39, 0.29) is 6.10 Å². The van der Waals surface area contributed by atoms with Gasteiger partial charge in [0.2, 0.25) is 0 Å². The molecule has 0 fully saturated rings. The Labute approximate surface area is 98.3 Å². The van der Waals surface area contributed by atoms with Gasteiger partial charge in [-0.05, 0) is 36.5 Å². The second-order valence-electron chi connectivity index (χ2n) is 4.46. The van der Waals surface area contributed by atoms with E-state index in [4.69, 9.17) is 4.74 Å². The third-order valence-electron chi connectivity index (χ3n) is 2.98. The summed E-state index contributed by atoms with van der Waals surface area (Å²) in [7, 11) is 1.66. The van der Waals surface area contributed by atoms with Gasteiger partial charge in [-0.15, -0.1) is 0 Å². The largest absolute Gasteiger partial charge is 0.497 e. The fourth-order valence-corrected chi connectivity index (χ4v) is 1.79. The van der Waals surface area contributed by atoms with Crippen LogP contribution in [0.5, 0.6) is 5.75 Å². The van der Waals surface area contributed by atoms with Crippen molar-refractivity contribution in [2.45, 2.75) is 39.2 Å². The molecule has 1 N–H and O–H groups in total. The summed E-state index contributed by atoms with van der Waals surface area (Å²) in [6.45, 7) is 4.33. The zero-order valence-electron chi connectivity index (χ0n) is 10.4. The van der Waals surface area contributed by atoms with Crippen LogP contribution < -0.4 is 4.74 Å². The van der Waals surface area contributed by atoms with Gasteiger partial charge in [0.15, 0.2) is 0 Å². The fraction of sp³-hybridized carbons (Fsp3) is 0.571. The number of aliphatic hydroxyl groups is 1. The molecule has 0 amide bonds. The molecule has 0 saturated heterocycles. The first-order valence-electron chi connectivity index (χ1n) is 5.96. The summed E-state index contributed by atoms with van der Waals surface area (Å²) in [4.78, 5) is 0. The summed E-state index contributed by atoms with van der Waals surface area (Å²) in [5.74, 6) is 1.44. The van der Waals surface area contributed by atoms with Gasteiger partial charge in [-0.2, -0.15) is 0 Å². The van der Waals surface area contributed by atoms with Crippen LogP contribution >= 0.6 is 0 Å². The number of aliphatic hydroxyl groups excluding tert-OH is 1. The minimum Gasteiger partial charge on any atom is -0.497 e. The van der Waals surface area contributed by atoms with Gasteiger partial charge in [-0.1, -0.05) is 32.4 Å². The summed E-state index contributed by atoms with van der Waals surface area (Å²) in [5, 5.41) is 9.93. The predicted molar refractivity (Wildman–Crippen MR) is 66.8 cm³/mol. The van der Waals surface area contributed by atoms with Crippen LogP contribution in [0.1, 0.15) is 32.3 Å². The Bertz CT molecular complexity index is 309. The van der Waals surface area contributed by atoms with Crippen molar-refractivity contribution in [3.05, 3.63) is 29.8 Å². The van der Waals surface area contributed by atoms with Gasteiger partial charge in [-0.3, -0.25) is 0 Å². The van der Waals surface area contributed by atoms with E-state index in [2.05, 4.69) is 13.8 Å². The normalized spacial score (nSPS) is 14.5. The van der Waals surface area contributed by atoms with Gasteiger partial charge in [0, 0.05) is 0 Å².